The first-order valence-corrected chi connectivity index (χ1v) is 7.98. The summed E-state index contributed by atoms with van der Waals surface area (Å²) in [6, 6.07) is 5.23. The first-order chi connectivity index (χ1) is 10.9. The van der Waals surface area contributed by atoms with Crippen molar-refractivity contribution in [1.82, 2.24) is 10.2 Å². The van der Waals surface area contributed by atoms with Crippen molar-refractivity contribution in [3.05, 3.63) is 35.6 Å². The van der Waals surface area contributed by atoms with Crippen molar-refractivity contribution < 1.29 is 14.0 Å². The van der Waals surface area contributed by atoms with Crippen LogP contribution in [0.2, 0.25) is 0 Å². The molecule has 6 heteroatoms. The molecule has 1 heterocycles. The van der Waals surface area contributed by atoms with E-state index in [1.165, 1.54) is 12.1 Å². The predicted octanol–water partition coefficient (Wildman–Crippen LogP) is 1.59. The number of nitrogens with zero attached hydrogens (tertiary/aromatic N) is 1. The van der Waals surface area contributed by atoms with Gasteiger partial charge in [0.05, 0.1) is 0 Å². The Morgan fingerprint density at radius 3 is 2.57 bits per heavy atom. The van der Waals surface area contributed by atoms with Gasteiger partial charge in [-0.15, -0.1) is 0 Å². The second-order valence-corrected chi connectivity index (χ2v) is 6.08. The third-order valence-electron chi connectivity index (χ3n) is 4.57. The molecule has 3 atom stereocenters. The molecule has 3 N–H and O–H groups in total. The zero-order chi connectivity index (χ0) is 17.0. The van der Waals surface area contributed by atoms with Gasteiger partial charge >= 0.3 is 0 Å². The number of rotatable bonds is 5. The molecule has 1 saturated heterocycles. The first-order valence-electron chi connectivity index (χ1n) is 7.98. The smallest absolute Gasteiger partial charge is 0.239 e. The second-order valence-electron chi connectivity index (χ2n) is 6.08. The van der Waals surface area contributed by atoms with Crippen molar-refractivity contribution in [2.24, 2.45) is 11.7 Å². The Labute approximate surface area is 136 Å². The molecule has 1 fully saturated rings. The van der Waals surface area contributed by atoms with E-state index in [0.717, 1.165) is 12.8 Å². The van der Waals surface area contributed by atoms with Gasteiger partial charge in [0.2, 0.25) is 11.8 Å². The lowest BCUT2D eigenvalue weighted by Gasteiger charge is -2.39. The average Bonchev–Trinajstić information content (AvgIpc) is 2.53. The summed E-state index contributed by atoms with van der Waals surface area (Å²) in [4.78, 5) is 25.2. The van der Waals surface area contributed by atoms with Crippen LogP contribution in [0.25, 0.3) is 0 Å². The number of halogens is 1. The number of hydrogen-bond acceptors (Lipinski definition) is 3. The number of amides is 2. The molecule has 1 aromatic rings. The number of nitrogens with one attached hydrogen (secondary N) is 1. The van der Waals surface area contributed by atoms with Crippen molar-refractivity contribution in [2.75, 3.05) is 13.1 Å². The van der Waals surface area contributed by atoms with E-state index in [0.29, 0.717) is 18.7 Å². The van der Waals surface area contributed by atoms with Crippen molar-refractivity contribution in [3.8, 4) is 0 Å². The minimum Gasteiger partial charge on any atom is -0.368 e. The van der Waals surface area contributed by atoms with Crippen molar-refractivity contribution in [2.45, 2.75) is 38.8 Å². The van der Waals surface area contributed by atoms with Crippen LogP contribution in [0.5, 0.6) is 0 Å². The third-order valence-corrected chi connectivity index (χ3v) is 4.57. The Morgan fingerprint density at radius 1 is 1.39 bits per heavy atom. The number of piperidine rings is 1. The SMILES string of the molecule is CC[C@@H]1CN(C(C)=O)CC[C@@H]1N[C@@H](C(N)=O)c1ccc(F)cc1. The highest BCUT2D eigenvalue weighted by Gasteiger charge is 2.32. The molecule has 5 nitrogen and oxygen atoms in total. The van der Waals surface area contributed by atoms with Crippen LogP contribution in [0.15, 0.2) is 24.3 Å². The van der Waals surface area contributed by atoms with Gasteiger partial charge in [0.15, 0.2) is 0 Å². The van der Waals surface area contributed by atoms with Gasteiger partial charge in [0.1, 0.15) is 11.9 Å². The third kappa shape index (κ3) is 4.28. The Hall–Kier alpha value is -1.95. The number of benzene rings is 1. The summed E-state index contributed by atoms with van der Waals surface area (Å²) >= 11 is 0. The monoisotopic (exact) mass is 321 g/mol. The van der Waals surface area contributed by atoms with Crippen LogP contribution in [0.1, 0.15) is 38.3 Å². The molecule has 23 heavy (non-hydrogen) atoms. The zero-order valence-corrected chi connectivity index (χ0v) is 13.6. The largest absolute Gasteiger partial charge is 0.368 e. The van der Waals surface area contributed by atoms with E-state index in [1.54, 1.807) is 19.1 Å². The molecule has 0 saturated carbocycles. The van der Waals surface area contributed by atoms with Gasteiger partial charge in [-0.05, 0) is 30.0 Å². The summed E-state index contributed by atoms with van der Waals surface area (Å²) in [5, 5.41) is 3.32. The van der Waals surface area contributed by atoms with Crippen LogP contribution in [0, 0.1) is 11.7 Å². The zero-order valence-electron chi connectivity index (χ0n) is 13.6. The van der Waals surface area contributed by atoms with Gasteiger partial charge in [-0.25, -0.2) is 4.39 Å². The first kappa shape index (κ1) is 17.4. The minimum absolute atomic E-state index is 0.0758. The molecule has 0 aliphatic carbocycles. The van der Waals surface area contributed by atoms with Crippen molar-refractivity contribution >= 4 is 11.8 Å². The molecule has 0 bridgehead atoms. The van der Waals surface area contributed by atoms with E-state index < -0.39 is 11.9 Å². The van der Waals surface area contributed by atoms with E-state index in [-0.39, 0.29) is 23.7 Å². The Kier molecular flexibility index (Phi) is 5.71. The molecule has 0 unspecified atom stereocenters. The highest BCUT2D eigenvalue weighted by Crippen LogP contribution is 2.24. The average molecular weight is 321 g/mol. The summed E-state index contributed by atoms with van der Waals surface area (Å²) in [7, 11) is 0. The lowest BCUT2D eigenvalue weighted by Crippen LogP contribution is -2.52. The minimum atomic E-state index is -0.654. The molecular weight excluding hydrogens is 297 g/mol. The normalized spacial score (nSPS) is 22.7. The topological polar surface area (TPSA) is 75.4 Å². The number of nitrogens with two attached hydrogens (primary N) is 1. The maximum Gasteiger partial charge on any atom is 0.239 e. The van der Waals surface area contributed by atoms with Gasteiger partial charge in [0, 0.05) is 26.1 Å². The van der Waals surface area contributed by atoms with Crippen LogP contribution in [0.4, 0.5) is 4.39 Å². The second kappa shape index (κ2) is 7.55. The molecule has 1 aliphatic rings. The van der Waals surface area contributed by atoms with Crippen molar-refractivity contribution in [3.63, 3.8) is 0 Å². The predicted molar refractivity (Wildman–Crippen MR) is 85.9 cm³/mol. The number of carbonyl (C=O) groups is 2. The fourth-order valence-electron chi connectivity index (χ4n) is 3.16. The highest BCUT2D eigenvalue weighted by molar-refractivity contribution is 5.81. The lowest BCUT2D eigenvalue weighted by molar-refractivity contribution is -0.131. The maximum atomic E-state index is 13.1. The Bertz CT molecular complexity index is 561. The van der Waals surface area contributed by atoms with E-state index in [1.807, 2.05) is 4.90 Å². The summed E-state index contributed by atoms with van der Waals surface area (Å²) < 4.78 is 13.1. The molecule has 0 radical (unpaired) electrons. The molecule has 1 aromatic carbocycles. The molecule has 1 aliphatic heterocycles. The molecule has 0 spiro atoms. The fraction of sp³-hybridized carbons (Fsp3) is 0.529. The van der Waals surface area contributed by atoms with Gasteiger partial charge in [-0.1, -0.05) is 25.5 Å². The van der Waals surface area contributed by atoms with E-state index in [9.17, 15) is 14.0 Å². The number of carbonyl (C=O) groups excluding carboxylic acids is 2. The Morgan fingerprint density at radius 2 is 2.04 bits per heavy atom. The number of hydrogen-bond donors (Lipinski definition) is 2. The summed E-state index contributed by atoms with van der Waals surface area (Å²) in [5.41, 5.74) is 6.18. The van der Waals surface area contributed by atoms with Gasteiger partial charge < -0.3 is 10.6 Å². The van der Waals surface area contributed by atoms with Gasteiger partial charge in [0.25, 0.3) is 0 Å². The van der Waals surface area contributed by atoms with Crippen LogP contribution in [-0.4, -0.2) is 35.8 Å². The molecule has 126 valence electrons. The van der Waals surface area contributed by atoms with Crippen LogP contribution in [0.3, 0.4) is 0 Å². The summed E-state index contributed by atoms with van der Waals surface area (Å²) in [6.07, 6.45) is 1.67. The maximum absolute atomic E-state index is 13.1. The van der Waals surface area contributed by atoms with Gasteiger partial charge in [-0.2, -0.15) is 0 Å². The number of likely N-dealkylation sites (tertiary alicyclic amines) is 1. The van der Waals surface area contributed by atoms with Gasteiger partial charge in [-0.3, -0.25) is 14.9 Å². The fourth-order valence-corrected chi connectivity index (χ4v) is 3.16. The standard InChI is InChI=1S/C17H24FN3O2/c1-3-12-10-21(11(2)22)9-8-15(12)20-16(17(19)23)13-4-6-14(18)7-5-13/h4-7,12,15-16,20H,3,8-10H2,1-2H3,(H2,19,23)/t12-,15+,16-/m1/s1. The van der Waals surface area contributed by atoms with E-state index >= 15 is 0 Å². The van der Waals surface area contributed by atoms with E-state index in [2.05, 4.69) is 12.2 Å². The van der Waals surface area contributed by atoms with Crippen LogP contribution in [-0.2, 0) is 9.59 Å². The summed E-state index contributed by atoms with van der Waals surface area (Å²) in [5.74, 6) is -0.500. The van der Waals surface area contributed by atoms with E-state index in [4.69, 9.17) is 5.73 Å². The Balaban J connectivity index is 2.12. The summed E-state index contributed by atoms with van der Waals surface area (Å²) in [6.45, 7) is 4.99. The molecular formula is C17H24FN3O2. The molecule has 2 rings (SSSR count). The van der Waals surface area contributed by atoms with Crippen LogP contribution < -0.4 is 11.1 Å². The molecule has 0 aromatic heterocycles. The number of primary amides is 1. The highest BCUT2D eigenvalue weighted by atomic mass is 19.1. The van der Waals surface area contributed by atoms with Crippen molar-refractivity contribution in [1.29, 1.82) is 0 Å². The lowest BCUT2D eigenvalue weighted by atomic mass is 9.88. The van der Waals surface area contributed by atoms with Crippen LogP contribution >= 0.6 is 0 Å². The quantitative estimate of drug-likeness (QED) is 0.865. The molecule has 2 amide bonds.